The summed E-state index contributed by atoms with van der Waals surface area (Å²) < 4.78 is 0. The molecule has 0 fully saturated rings. The van der Waals surface area contributed by atoms with Gasteiger partial charge in [0.2, 0.25) is 0 Å². The van der Waals surface area contributed by atoms with Crippen LogP contribution in [0, 0.1) is 0 Å². The Kier molecular flexibility index (Phi) is 4.77. The highest BCUT2D eigenvalue weighted by Crippen LogP contribution is 2.17. The lowest BCUT2D eigenvalue weighted by molar-refractivity contribution is -0.132. The lowest BCUT2D eigenvalue weighted by Gasteiger charge is -2.14. The third-order valence-electron chi connectivity index (χ3n) is 3.32. The van der Waals surface area contributed by atoms with Crippen LogP contribution in [0.4, 0.5) is 0 Å². The molecule has 1 aromatic carbocycles. The van der Waals surface area contributed by atoms with Crippen LogP contribution in [0.1, 0.15) is 25.3 Å². The number of nitrogens with one attached hydrogen (secondary N) is 1. The number of rotatable bonds is 4. The fourth-order valence-electron chi connectivity index (χ4n) is 2.10. The molecule has 0 bridgehead atoms. The highest BCUT2D eigenvalue weighted by Gasteiger charge is 2.09. The topological polar surface area (TPSA) is 49.3 Å². The molecule has 0 saturated heterocycles. The monoisotopic (exact) mass is 269 g/mol. The molecule has 3 nitrogen and oxygen atoms in total. The average Bonchev–Trinajstić information content (AvgIpc) is 2.43. The molecule has 20 heavy (non-hydrogen) atoms. The van der Waals surface area contributed by atoms with E-state index in [4.69, 9.17) is 0 Å². The average molecular weight is 269 g/mol. The summed E-state index contributed by atoms with van der Waals surface area (Å²) in [5, 5.41) is 12.5. The fraction of sp³-hybridized carbons (Fsp3) is 0.235. The quantitative estimate of drug-likeness (QED) is 0.880. The summed E-state index contributed by atoms with van der Waals surface area (Å²) in [7, 11) is 0. The van der Waals surface area contributed by atoms with E-state index in [1.165, 1.54) is 11.1 Å². The Morgan fingerprint density at radius 1 is 1.30 bits per heavy atom. The number of aliphatic carboxylic acids is 1. The zero-order valence-corrected chi connectivity index (χ0v) is 11.6. The molecule has 0 atom stereocenters. The summed E-state index contributed by atoms with van der Waals surface area (Å²) in [6.07, 6.45) is 7.12. The smallest absolute Gasteiger partial charge is 0.335 e. The van der Waals surface area contributed by atoms with Crippen molar-refractivity contribution >= 4 is 5.97 Å². The van der Waals surface area contributed by atoms with Crippen LogP contribution < -0.4 is 5.32 Å². The van der Waals surface area contributed by atoms with Crippen molar-refractivity contribution in [2.75, 3.05) is 0 Å². The van der Waals surface area contributed by atoms with Gasteiger partial charge in [-0.2, -0.15) is 0 Å². The molecule has 0 spiro atoms. The molecule has 104 valence electrons. The SMILES string of the molecule is C\C1=C(NCc2ccccc2)/C=C(C(=O)O)\C=C/CC1. The first-order valence-electron chi connectivity index (χ1n) is 6.76. The van der Waals surface area contributed by atoms with Crippen LogP contribution in [0.15, 0.2) is 65.4 Å². The Hall–Kier alpha value is -2.29. The molecule has 0 unspecified atom stereocenters. The minimum Gasteiger partial charge on any atom is -0.478 e. The van der Waals surface area contributed by atoms with E-state index in [9.17, 15) is 9.90 Å². The Morgan fingerprint density at radius 3 is 2.75 bits per heavy atom. The van der Waals surface area contributed by atoms with Crippen LogP contribution in [0.5, 0.6) is 0 Å². The van der Waals surface area contributed by atoms with Gasteiger partial charge in [0.25, 0.3) is 0 Å². The number of hydrogen-bond donors (Lipinski definition) is 2. The van der Waals surface area contributed by atoms with Crippen molar-refractivity contribution in [1.29, 1.82) is 0 Å². The Balaban J connectivity index is 2.17. The largest absolute Gasteiger partial charge is 0.478 e. The van der Waals surface area contributed by atoms with Gasteiger partial charge in [0.1, 0.15) is 0 Å². The van der Waals surface area contributed by atoms with E-state index in [1.807, 2.05) is 43.3 Å². The minimum absolute atomic E-state index is 0.319. The molecule has 0 aliphatic heterocycles. The third-order valence-corrected chi connectivity index (χ3v) is 3.32. The number of carbonyl (C=O) groups is 1. The third kappa shape index (κ3) is 3.85. The maximum atomic E-state index is 11.2. The van der Waals surface area contributed by atoms with Crippen molar-refractivity contribution in [3.63, 3.8) is 0 Å². The second-order valence-electron chi connectivity index (χ2n) is 4.88. The molecule has 3 heteroatoms. The zero-order chi connectivity index (χ0) is 14.4. The van der Waals surface area contributed by atoms with Crippen LogP contribution >= 0.6 is 0 Å². The van der Waals surface area contributed by atoms with Crippen LogP contribution in [-0.4, -0.2) is 11.1 Å². The van der Waals surface area contributed by atoms with Gasteiger partial charge in [-0.1, -0.05) is 42.5 Å². The molecule has 1 aliphatic carbocycles. The Labute approximate surface area is 119 Å². The summed E-state index contributed by atoms with van der Waals surface area (Å²) in [6.45, 7) is 2.74. The van der Waals surface area contributed by atoms with Gasteiger partial charge in [0.15, 0.2) is 0 Å². The summed E-state index contributed by atoms with van der Waals surface area (Å²) >= 11 is 0. The second-order valence-corrected chi connectivity index (χ2v) is 4.88. The maximum absolute atomic E-state index is 11.2. The first-order valence-corrected chi connectivity index (χ1v) is 6.76. The predicted octanol–water partition coefficient (Wildman–Crippen LogP) is 3.41. The lowest BCUT2D eigenvalue weighted by Crippen LogP contribution is -2.15. The fourth-order valence-corrected chi connectivity index (χ4v) is 2.10. The second kappa shape index (κ2) is 6.75. The molecule has 0 aromatic heterocycles. The summed E-state index contributed by atoms with van der Waals surface area (Å²) in [6, 6.07) is 10.1. The minimum atomic E-state index is -0.894. The molecule has 0 saturated carbocycles. The summed E-state index contributed by atoms with van der Waals surface area (Å²) in [4.78, 5) is 11.2. The maximum Gasteiger partial charge on any atom is 0.335 e. The molecule has 1 aromatic rings. The number of hydrogen-bond acceptors (Lipinski definition) is 2. The van der Waals surface area contributed by atoms with E-state index in [1.54, 1.807) is 12.2 Å². The summed E-state index contributed by atoms with van der Waals surface area (Å²) in [5.74, 6) is -0.894. The van der Waals surface area contributed by atoms with Gasteiger partial charge in [0.05, 0.1) is 5.57 Å². The van der Waals surface area contributed by atoms with Crippen molar-refractivity contribution < 1.29 is 9.90 Å². The van der Waals surface area contributed by atoms with Crippen molar-refractivity contribution in [1.82, 2.24) is 5.32 Å². The molecule has 0 radical (unpaired) electrons. The van der Waals surface area contributed by atoms with E-state index < -0.39 is 5.97 Å². The van der Waals surface area contributed by atoms with Crippen LogP contribution in [0.2, 0.25) is 0 Å². The van der Waals surface area contributed by atoms with Crippen LogP contribution in [0.3, 0.4) is 0 Å². The van der Waals surface area contributed by atoms with E-state index in [0.717, 1.165) is 18.5 Å². The highest BCUT2D eigenvalue weighted by molar-refractivity contribution is 5.90. The van der Waals surface area contributed by atoms with Gasteiger partial charge in [-0.05, 0) is 37.0 Å². The zero-order valence-electron chi connectivity index (χ0n) is 11.6. The van der Waals surface area contributed by atoms with Gasteiger partial charge < -0.3 is 10.4 Å². The first kappa shape index (κ1) is 14.1. The number of allylic oxidation sites excluding steroid dienone is 3. The molecule has 2 N–H and O–H groups in total. The molecular formula is C17H19NO2. The standard InChI is InChI=1S/C17H19NO2/c1-13-7-5-6-10-15(17(19)20)11-16(13)18-12-14-8-3-2-4-9-14/h2-4,6,8-11,18H,5,7,12H2,1H3,(H,19,20)/b10-6-,15-11+,16-13-. The Bertz CT molecular complexity index is 568. The van der Waals surface area contributed by atoms with Crippen molar-refractivity contribution in [3.05, 3.63) is 71.0 Å². The van der Waals surface area contributed by atoms with E-state index in [0.29, 0.717) is 12.1 Å². The van der Waals surface area contributed by atoms with Gasteiger partial charge in [-0.15, -0.1) is 0 Å². The van der Waals surface area contributed by atoms with E-state index in [2.05, 4.69) is 5.32 Å². The Morgan fingerprint density at radius 2 is 2.05 bits per heavy atom. The van der Waals surface area contributed by atoms with E-state index >= 15 is 0 Å². The van der Waals surface area contributed by atoms with Crippen molar-refractivity contribution in [2.24, 2.45) is 0 Å². The number of carboxylic acid groups (broad SMARTS) is 1. The molecule has 0 heterocycles. The van der Waals surface area contributed by atoms with Gasteiger partial charge in [0, 0.05) is 12.2 Å². The van der Waals surface area contributed by atoms with Crippen molar-refractivity contribution in [3.8, 4) is 0 Å². The highest BCUT2D eigenvalue weighted by atomic mass is 16.4. The number of carboxylic acids is 1. The van der Waals surface area contributed by atoms with E-state index in [-0.39, 0.29) is 0 Å². The molecule has 2 rings (SSSR count). The normalized spacial score (nSPS) is 23.1. The summed E-state index contributed by atoms with van der Waals surface area (Å²) in [5.41, 5.74) is 3.59. The van der Waals surface area contributed by atoms with Gasteiger partial charge in [-0.3, -0.25) is 0 Å². The van der Waals surface area contributed by atoms with Crippen LogP contribution in [-0.2, 0) is 11.3 Å². The van der Waals surface area contributed by atoms with Gasteiger partial charge >= 0.3 is 5.97 Å². The number of benzene rings is 1. The van der Waals surface area contributed by atoms with Crippen molar-refractivity contribution in [2.45, 2.75) is 26.3 Å². The molecule has 1 aliphatic rings. The first-order chi connectivity index (χ1) is 9.66. The predicted molar refractivity (Wildman–Crippen MR) is 80.1 cm³/mol. The van der Waals surface area contributed by atoms with Crippen LogP contribution in [0.25, 0.3) is 0 Å². The lowest BCUT2D eigenvalue weighted by atomic mass is 10.0. The van der Waals surface area contributed by atoms with Gasteiger partial charge in [-0.25, -0.2) is 4.79 Å². The molecule has 0 amide bonds. The molecular weight excluding hydrogens is 250 g/mol.